The molecule has 2 heterocycles. The standard InChI is InChI=1S/C23H24F3N3O/c24-23(25,26)20-8-2-6-18(11-20)21-12-27-22(28-21)19-7-1-4-16(10-19)13-29-9-3-5-17(14-29)15-30/h1-2,4,6-8,10-12,17,30H,3,5,9,13-15H2,(H,27,28). The van der Waals surface area contributed by atoms with Gasteiger partial charge in [-0.25, -0.2) is 4.98 Å². The van der Waals surface area contributed by atoms with Crippen LogP contribution in [-0.2, 0) is 12.7 Å². The molecule has 1 aliphatic heterocycles. The summed E-state index contributed by atoms with van der Waals surface area (Å²) >= 11 is 0. The maximum atomic E-state index is 13.0. The number of aromatic amines is 1. The molecule has 4 rings (SSSR count). The summed E-state index contributed by atoms with van der Waals surface area (Å²) in [6, 6.07) is 13.2. The number of halogens is 3. The monoisotopic (exact) mass is 415 g/mol. The number of imidazole rings is 1. The largest absolute Gasteiger partial charge is 0.416 e. The highest BCUT2D eigenvalue weighted by molar-refractivity contribution is 5.65. The first kappa shape index (κ1) is 20.6. The van der Waals surface area contributed by atoms with E-state index in [1.54, 1.807) is 12.3 Å². The molecule has 1 aromatic heterocycles. The summed E-state index contributed by atoms with van der Waals surface area (Å²) in [4.78, 5) is 9.88. The summed E-state index contributed by atoms with van der Waals surface area (Å²) in [6.07, 6.45) is -0.661. The van der Waals surface area contributed by atoms with E-state index in [0.717, 1.165) is 55.7 Å². The highest BCUT2D eigenvalue weighted by Gasteiger charge is 2.30. The third-order valence-corrected chi connectivity index (χ3v) is 5.54. The van der Waals surface area contributed by atoms with Crippen LogP contribution in [0.5, 0.6) is 0 Å². The Morgan fingerprint density at radius 1 is 1.10 bits per heavy atom. The second-order valence-corrected chi connectivity index (χ2v) is 7.85. The van der Waals surface area contributed by atoms with Crippen LogP contribution in [0.4, 0.5) is 13.2 Å². The molecule has 158 valence electrons. The molecule has 0 aliphatic carbocycles. The molecule has 2 N–H and O–H groups in total. The van der Waals surface area contributed by atoms with Gasteiger partial charge in [-0.3, -0.25) is 4.90 Å². The van der Waals surface area contributed by atoms with Gasteiger partial charge >= 0.3 is 6.18 Å². The van der Waals surface area contributed by atoms with Gasteiger partial charge in [0.25, 0.3) is 0 Å². The Kier molecular flexibility index (Phi) is 5.92. The van der Waals surface area contributed by atoms with Crippen molar-refractivity contribution in [3.8, 4) is 22.6 Å². The van der Waals surface area contributed by atoms with Crippen molar-refractivity contribution in [2.24, 2.45) is 5.92 Å². The Hall–Kier alpha value is -2.64. The van der Waals surface area contributed by atoms with E-state index in [4.69, 9.17) is 0 Å². The number of aromatic nitrogens is 2. The molecule has 1 unspecified atom stereocenters. The van der Waals surface area contributed by atoms with Crippen LogP contribution >= 0.6 is 0 Å². The number of nitrogens with one attached hydrogen (secondary N) is 1. The van der Waals surface area contributed by atoms with Gasteiger partial charge in [0.2, 0.25) is 0 Å². The SMILES string of the molecule is OCC1CCCN(Cc2cccc(-c3ncc(-c4cccc(C(F)(F)F)c4)[nH]3)c2)C1. The molecule has 2 aromatic carbocycles. The van der Waals surface area contributed by atoms with Gasteiger partial charge in [-0.05, 0) is 49.1 Å². The fourth-order valence-corrected chi connectivity index (χ4v) is 4.00. The molecular formula is C23H24F3N3O. The normalized spacial score (nSPS) is 17.9. The molecule has 1 fully saturated rings. The number of H-pyrrole nitrogens is 1. The van der Waals surface area contributed by atoms with Crippen molar-refractivity contribution in [3.05, 3.63) is 65.9 Å². The third-order valence-electron chi connectivity index (χ3n) is 5.54. The van der Waals surface area contributed by atoms with E-state index < -0.39 is 11.7 Å². The van der Waals surface area contributed by atoms with E-state index in [9.17, 15) is 18.3 Å². The molecule has 0 saturated carbocycles. The van der Waals surface area contributed by atoms with Gasteiger partial charge in [-0.2, -0.15) is 13.2 Å². The summed E-state index contributed by atoms with van der Waals surface area (Å²) in [5, 5.41) is 9.42. The number of alkyl halides is 3. The van der Waals surface area contributed by atoms with E-state index in [1.807, 2.05) is 12.1 Å². The topological polar surface area (TPSA) is 52.1 Å². The van der Waals surface area contributed by atoms with Crippen molar-refractivity contribution in [3.63, 3.8) is 0 Å². The summed E-state index contributed by atoms with van der Waals surface area (Å²) < 4.78 is 39.0. The Bertz CT molecular complexity index is 999. The minimum atomic E-state index is -4.38. The summed E-state index contributed by atoms with van der Waals surface area (Å²) in [5.41, 5.74) is 2.34. The van der Waals surface area contributed by atoms with Crippen molar-refractivity contribution in [1.29, 1.82) is 0 Å². The lowest BCUT2D eigenvalue weighted by molar-refractivity contribution is -0.137. The van der Waals surface area contributed by atoms with Crippen LogP contribution in [0.2, 0.25) is 0 Å². The number of likely N-dealkylation sites (tertiary alicyclic amines) is 1. The molecule has 0 bridgehead atoms. The summed E-state index contributed by atoms with van der Waals surface area (Å²) in [6.45, 7) is 2.93. The molecule has 1 atom stereocenters. The van der Waals surface area contributed by atoms with E-state index in [0.29, 0.717) is 23.0 Å². The summed E-state index contributed by atoms with van der Waals surface area (Å²) in [7, 11) is 0. The summed E-state index contributed by atoms with van der Waals surface area (Å²) in [5.74, 6) is 0.957. The van der Waals surface area contributed by atoms with Gasteiger partial charge in [-0.1, -0.05) is 30.3 Å². The van der Waals surface area contributed by atoms with Crippen LogP contribution in [0.3, 0.4) is 0 Å². The van der Waals surface area contributed by atoms with Gasteiger partial charge in [-0.15, -0.1) is 0 Å². The number of benzene rings is 2. The first-order chi connectivity index (χ1) is 14.4. The average Bonchev–Trinajstić information content (AvgIpc) is 3.24. The molecule has 1 saturated heterocycles. The maximum absolute atomic E-state index is 13.0. The Morgan fingerprint density at radius 3 is 2.70 bits per heavy atom. The molecule has 30 heavy (non-hydrogen) atoms. The number of aliphatic hydroxyl groups excluding tert-OH is 1. The fourth-order valence-electron chi connectivity index (χ4n) is 4.00. The molecule has 7 heteroatoms. The van der Waals surface area contributed by atoms with Crippen LogP contribution in [-0.4, -0.2) is 39.7 Å². The van der Waals surface area contributed by atoms with Crippen molar-refractivity contribution in [2.75, 3.05) is 19.7 Å². The minimum Gasteiger partial charge on any atom is -0.396 e. The molecule has 0 radical (unpaired) electrons. The van der Waals surface area contributed by atoms with Crippen LogP contribution < -0.4 is 0 Å². The number of hydrogen-bond donors (Lipinski definition) is 2. The number of piperidine rings is 1. The van der Waals surface area contributed by atoms with Gasteiger partial charge in [0.15, 0.2) is 0 Å². The molecule has 4 nitrogen and oxygen atoms in total. The van der Waals surface area contributed by atoms with Gasteiger partial charge in [0, 0.05) is 30.8 Å². The lowest BCUT2D eigenvalue weighted by Crippen LogP contribution is -2.36. The Balaban J connectivity index is 1.52. The maximum Gasteiger partial charge on any atom is 0.416 e. The van der Waals surface area contributed by atoms with Gasteiger partial charge < -0.3 is 10.1 Å². The van der Waals surface area contributed by atoms with Crippen molar-refractivity contribution >= 4 is 0 Å². The van der Waals surface area contributed by atoms with Crippen molar-refractivity contribution in [2.45, 2.75) is 25.6 Å². The van der Waals surface area contributed by atoms with Gasteiger partial charge in [0.1, 0.15) is 5.82 Å². The van der Waals surface area contributed by atoms with Crippen LogP contribution in [0.25, 0.3) is 22.6 Å². The lowest BCUT2D eigenvalue weighted by Gasteiger charge is -2.31. The smallest absolute Gasteiger partial charge is 0.396 e. The second kappa shape index (κ2) is 8.62. The highest BCUT2D eigenvalue weighted by Crippen LogP contribution is 2.32. The van der Waals surface area contributed by atoms with E-state index in [2.05, 4.69) is 27.0 Å². The zero-order valence-electron chi connectivity index (χ0n) is 16.5. The average molecular weight is 415 g/mol. The van der Waals surface area contributed by atoms with Gasteiger partial charge in [0.05, 0.1) is 17.5 Å². The molecule has 0 spiro atoms. The third kappa shape index (κ3) is 4.74. The molecule has 1 aliphatic rings. The number of hydrogen-bond acceptors (Lipinski definition) is 3. The molecule has 3 aromatic rings. The van der Waals surface area contributed by atoms with Crippen molar-refractivity contribution < 1.29 is 18.3 Å². The van der Waals surface area contributed by atoms with Crippen LogP contribution in [0, 0.1) is 5.92 Å². The molecule has 0 amide bonds. The highest BCUT2D eigenvalue weighted by atomic mass is 19.4. The van der Waals surface area contributed by atoms with E-state index in [-0.39, 0.29) is 6.61 Å². The Labute approximate surface area is 173 Å². The predicted octanol–water partition coefficient (Wildman–Crippen LogP) is 4.97. The first-order valence-electron chi connectivity index (χ1n) is 10.1. The zero-order chi connectivity index (χ0) is 21.1. The second-order valence-electron chi connectivity index (χ2n) is 7.85. The van der Waals surface area contributed by atoms with Crippen molar-refractivity contribution in [1.82, 2.24) is 14.9 Å². The predicted molar refractivity (Wildman–Crippen MR) is 110 cm³/mol. The number of rotatable bonds is 5. The molecular weight excluding hydrogens is 391 g/mol. The lowest BCUT2D eigenvalue weighted by atomic mass is 9.98. The minimum absolute atomic E-state index is 0.223. The van der Waals surface area contributed by atoms with E-state index in [1.165, 1.54) is 6.07 Å². The quantitative estimate of drug-likeness (QED) is 0.619. The first-order valence-corrected chi connectivity index (χ1v) is 10.1. The van der Waals surface area contributed by atoms with Crippen LogP contribution in [0.15, 0.2) is 54.7 Å². The van der Waals surface area contributed by atoms with Crippen LogP contribution in [0.1, 0.15) is 24.0 Å². The fraction of sp³-hybridized carbons (Fsp3) is 0.348. The zero-order valence-corrected chi connectivity index (χ0v) is 16.5. The van der Waals surface area contributed by atoms with E-state index >= 15 is 0 Å². The Morgan fingerprint density at radius 2 is 1.90 bits per heavy atom. The number of aliphatic hydroxyl groups is 1. The number of nitrogens with zero attached hydrogens (tertiary/aromatic N) is 2.